The van der Waals surface area contributed by atoms with Crippen molar-refractivity contribution in [3.05, 3.63) is 29.1 Å². The molecule has 0 fully saturated rings. The van der Waals surface area contributed by atoms with E-state index in [-0.39, 0.29) is 0 Å². The Bertz CT molecular complexity index is 507. The lowest BCUT2D eigenvalue weighted by Gasteiger charge is -2.24. The SMILES string of the molecule is CCOc1ccc(-c2cscn2)cc1N(CC)CC. The Balaban J connectivity index is 2.43. The summed E-state index contributed by atoms with van der Waals surface area (Å²) < 4.78 is 5.73. The molecule has 2 rings (SSSR count). The number of aromatic nitrogens is 1. The van der Waals surface area contributed by atoms with E-state index in [9.17, 15) is 0 Å². The molecule has 0 bridgehead atoms. The first-order valence-electron chi connectivity index (χ1n) is 6.70. The van der Waals surface area contributed by atoms with Crippen LogP contribution in [0.5, 0.6) is 5.75 Å². The predicted octanol–water partition coefficient (Wildman–Crippen LogP) is 4.06. The molecule has 0 N–H and O–H groups in total. The Labute approximate surface area is 118 Å². The molecule has 0 saturated carbocycles. The maximum absolute atomic E-state index is 5.73. The molecule has 0 aliphatic heterocycles. The lowest BCUT2D eigenvalue weighted by atomic mass is 10.1. The van der Waals surface area contributed by atoms with Crippen molar-refractivity contribution >= 4 is 17.0 Å². The molecule has 1 heterocycles. The molecule has 1 aromatic heterocycles. The lowest BCUT2D eigenvalue weighted by molar-refractivity contribution is 0.340. The van der Waals surface area contributed by atoms with Crippen LogP contribution in [0.2, 0.25) is 0 Å². The zero-order chi connectivity index (χ0) is 13.7. The highest BCUT2D eigenvalue weighted by atomic mass is 32.1. The summed E-state index contributed by atoms with van der Waals surface area (Å²) >= 11 is 1.62. The number of hydrogen-bond acceptors (Lipinski definition) is 4. The van der Waals surface area contributed by atoms with E-state index in [1.807, 2.05) is 18.5 Å². The van der Waals surface area contributed by atoms with Crippen LogP contribution in [0, 0.1) is 0 Å². The van der Waals surface area contributed by atoms with Crippen molar-refractivity contribution in [2.45, 2.75) is 20.8 Å². The molecule has 102 valence electrons. The molecule has 0 amide bonds. The summed E-state index contributed by atoms with van der Waals surface area (Å²) in [6.45, 7) is 8.96. The van der Waals surface area contributed by atoms with Gasteiger partial charge in [-0.1, -0.05) is 0 Å². The van der Waals surface area contributed by atoms with Crippen molar-refractivity contribution < 1.29 is 4.74 Å². The molecule has 3 nitrogen and oxygen atoms in total. The Morgan fingerprint density at radius 3 is 2.58 bits per heavy atom. The van der Waals surface area contributed by atoms with Crippen LogP contribution in [-0.2, 0) is 0 Å². The van der Waals surface area contributed by atoms with Crippen LogP contribution in [0.15, 0.2) is 29.1 Å². The summed E-state index contributed by atoms with van der Waals surface area (Å²) in [6.07, 6.45) is 0. The molecule has 0 aliphatic carbocycles. The Morgan fingerprint density at radius 1 is 1.21 bits per heavy atom. The van der Waals surface area contributed by atoms with Gasteiger partial charge in [-0.2, -0.15) is 0 Å². The largest absolute Gasteiger partial charge is 0.492 e. The fourth-order valence-electron chi connectivity index (χ4n) is 2.12. The predicted molar refractivity (Wildman–Crippen MR) is 82.3 cm³/mol. The van der Waals surface area contributed by atoms with Gasteiger partial charge in [0.05, 0.1) is 23.5 Å². The van der Waals surface area contributed by atoms with E-state index < -0.39 is 0 Å². The zero-order valence-corrected chi connectivity index (χ0v) is 12.5. The summed E-state index contributed by atoms with van der Waals surface area (Å²) in [7, 11) is 0. The lowest BCUT2D eigenvalue weighted by Crippen LogP contribution is -2.22. The van der Waals surface area contributed by atoms with Gasteiger partial charge in [-0.25, -0.2) is 4.98 Å². The van der Waals surface area contributed by atoms with E-state index in [4.69, 9.17) is 4.74 Å². The molecule has 1 aromatic carbocycles. The van der Waals surface area contributed by atoms with Crippen LogP contribution < -0.4 is 9.64 Å². The van der Waals surface area contributed by atoms with E-state index in [1.165, 1.54) is 0 Å². The number of hydrogen-bond donors (Lipinski definition) is 0. The van der Waals surface area contributed by atoms with Gasteiger partial charge >= 0.3 is 0 Å². The van der Waals surface area contributed by atoms with Crippen LogP contribution in [0.25, 0.3) is 11.3 Å². The van der Waals surface area contributed by atoms with E-state index in [2.05, 4.69) is 41.2 Å². The molecule has 0 unspecified atom stereocenters. The molecular formula is C15H20N2OS. The topological polar surface area (TPSA) is 25.4 Å². The Hall–Kier alpha value is -1.55. The van der Waals surface area contributed by atoms with Gasteiger partial charge in [0, 0.05) is 24.0 Å². The zero-order valence-electron chi connectivity index (χ0n) is 11.7. The normalized spacial score (nSPS) is 10.5. The van der Waals surface area contributed by atoms with Crippen molar-refractivity contribution in [1.29, 1.82) is 0 Å². The fourth-order valence-corrected chi connectivity index (χ4v) is 2.68. The smallest absolute Gasteiger partial charge is 0.142 e. The number of rotatable bonds is 6. The molecule has 19 heavy (non-hydrogen) atoms. The summed E-state index contributed by atoms with van der Waals surface area (Å²) in [5, 5.41) is 2.07. The first-order valence-corrected chi connectivity index (χ1v) is 7.64. The summed E-state index contributed by atoms with van der Waals surface area (Å²) in [5.41, 5.74) is 5.19. The second kappa shape index (κ2) is 6.57. The van der Waals surface area contributed by atoms with E-state index in [1.54, 1.807) is 11.3 Å². The van der Waals surface area contributed by atoms with Gasteiger partial charge in [0.2, 0.25) is 0 Å². The molecule has 0 saturated heterocycles. The van der Waals surface area contributed by atoms with Crippen molar-refractivity contribution in [2.75, 3.05) is 24.6 Å². The van der Waals surface area contributed by atoms with Crippen molar-refractivity contribution in [3.63, 3.8) is 0 Å². The third-order valence-corrected chi connectivity index (χ3v) is 3.68. The minimum atomic E-state index is 0.685. The molecule has 0 radical (unpaired) electrons. The molecule has 4 heteroatoms. The highest BCUT2D eigenvalue weighted by Crippen LogP contribution is 2.33. The maximum atomic E-state index is 5.73. The van der Waals surface area contributed by atoms with Gasteiger partial charge in [0.1, 0.15) is 5.75 Å². The third-order valence-electron chi connectivity index (χ3n) is 3.09. The van der Waals surface area contributed by atoms with E-state index in [0.29, 0.717) is 6.61 Å². The van der Waals surface area contributed by atoms with E-state index in [0.717, 1.165) is 35.8 Å². The quantitative estimate of drug-likeness (QED) is 0.795. The van der Waals surface area contributed by atoms with Crippen LogP contribution in [0.1, 0.15) is 20.8 Å². The minimum absolute atomic E-state index is 0.685. The first-order chi connectivity index (χ1) is 9.30. The Morgan fingerprint density at radius 2 is 2.00 bits per heavy atom. The number of benzene rings is 1. The monoisotopic (exact) mass is 276 g/mol. The highest BCUT2D eigenvalue weighted by molar-refractivity contribution is 7.07. The van der Waals surface area contributed by atoms with Crippen LogP contribution in [0.4, 0.5) is 5.69 Å². The summed E-state index contributed by atoms with van der Waals surface area (Å²) in [5.74, 6) is 0.949. The molecule has 0 atom stereocenters. The van der Waals surface area contributed by atoms with Crippen LogP contribution >= 0.6 is 11.3 Å². The van der Waals surface area contributed by atoms with Crippen molar-refractivity contribution in [3.8, 4) is 17.0 Å². The third kappa shape index (κ3) is 3.07. The fraction of sp³-hybridized carbons (Fsp3) is 0.400. The van der Waals surface area contributed by atoms with Gasteiger partial charge in [-0.3, -0.25) is 0 Å². The average molecular weight is 276 g/mol. The van der Waals surface area contributed by atoms with Gasteiger partial charge in [-0.15, -0.1) is 11.3 Å². The summed E-state index contributed by atoms with van der Waals surface area (Å²) in [4.78, 5) is 6.68. The van der Waals surface area contributed by atoms with Crippen LogP contribution in [0.3, 0.4) is 0 Å². The van der Waals surface area contributed by atoms with E-state index >= 15 is 0 Å². The maximum Gasteiger partial charge on any atom is 0.142 e. The second-order valence-corrected chi connectivity index (χ2v) is 4.88. The number of nitrogens with zero attached hydrogens (tertiary/aromatic N) is 2. The number of ether oxygens (including phenoxy) is 1. The second-order valence-electron chi connectivity index (χ2n) is 4.16. The van der Waals surface area contributed by atoms with Gasteiger partial charge < -0.3 is 9.64 Å². The molecule has 0 aliphatic rings. The highest BCUT2D eigenvalue weighted by Gasteiger charge is 2.12. The molecule has 2 aromatic rings. The standard InChI is InChI=1S/C15H20N2OS/c1-4-17(5-2)14-9-12(13-10-19-11-16-13)7-8-15(14)18-6-3/h7-11H,4-6H2,1-3H3. The van der Waals surface area contributed by atoms with Crippen molar-refractivity contribution in [2.24, 2.45) is 0 Å². The van der Waals surface area contributed by atoms with Crippen molar-refractivity contribution in [1.82, 2.24) is 4.98 Å². The van der Waals surface area contributed by atoms with Gasteiger partial charge in [0.15, 0.2) is 0 Å². The average Bonchev–Trinajstić information content (AvgIpc) is 2.96. The minimum Gasteiger partial charge on any atom is -0.492 e. The number of thiazole rings is 1. The molecular weight excluding hydrogens is 256 g/mol. The van der Waals surface area contributed by atoms with Gasteiger partial charge in [-0.05, 0) is 39.0 Å². The Kier molecular flexibility index (Phi) is 4.80. The summed E-state index contributed by atoms with van der Waals surface area (Å²) in [6, 6.07) is 6.30. The van der Waals surface area contributed by atoms with Crippen LogP contribution in [-0.4, -0.2) is 24.7 Å². The van der Waals surface area contributed by atoms with Gasteiger partial charge in [0.25, 0.3) is 0 Å². The number of anilines is 1. The molecule has 0 spiro atoms. The first kappa shape index (κ1) is 13.9.